The number of nitro groups is 1. The van der Waals surface area contributed by atoms with Crippen molar-refractivity contribution in [2.45, 2.75) is 93.3 Å². The standard InChI is InChI=1S/C16H23NO5.C16H25NO3/c1-15(2,3)22-14(18)10-16(4,5)11-21-13-8-6-12(7-9-13)17(19)20;1-15(2,3)20-14(18)10-16(4,5)11-19-13-8-6-12(17)7-9-13/h6-9H,10-11H2,1-5H3;6-9H,10-11,17H2,1-5H3. The quantitative estimate of drug-likeness (QED) is 0.125. The second-order valence-corrected chi connectivity index (χ2v) is 13.8. The Labute approximate surface area is 250 Å². The fourth-order valence-electron chi connectivity index (χ4n) is 3.42. The molecule has 0 aliphatic carbocycles. The summed E-state index contributed by atoms with van der Waals surface area (Å²) in [6.45, 7) is 19.6. The number of nitrogen functional groups attached to an aromatic ring is 1. The van der Waals surface area contributed by atoms with Crippen molar-refractivity contribution in [3.63, 3.8) is 0 Å². The summed E-state index contributed by atoms with van der Waals surface area (Å²) >= 11 is 0. The highest BCUT2D eigenvalue weighted by Crippen LogP contribution is 2.26. The van der Waals surface area contributed by atoms with Gasteiger partial charge in [0.15, 0.2) is 0 Å². The van der Waals surface area contributed by atoms with Crippen LogP contribution < -0.4 is 15.2 Å². The molecule has 10 heteroatoms. The number of benzene rings is 2. The molecule has 0 amide bonds. The second-order valence-electron chi connectivity index (χ2n) is 13.8. The van der Waals surface area contributed by atoms with Crippen molar-refractivity contribution in [2.75, 3.05) is 18.9 Å². The summed E-state index contributed by atoms with van der Waals surface area (Å²) in [4.78, 5) is 33.8. The molecule has 234 valence electrons. The van der Waals surface area contributed by atoms with E-state index in [9.17, 15) is 19.7 Å². The van der Waals surface area contributed by atoms with Gasteiger partial charge < -0.3 is 24.7 Å². The van der Waals surface area contributed by atoms with Gasteiger partial charge in [-0.15, -0.1) is 0 Å². The van der Waals surface area contributed by atoms with E-state index in [1.54, 1.807) is 24.3 Å². The summed E-state index contributed by atoms with van der Waals surface area (Å²) in [6.07, 6.45) is 0.552. The molecule has 2 rings (SSSR count). The number of esters is 2. The third-order valence-corrected chi connectivity index (χ3v) is 5.27. The van der Waals surface area contributed by atoms with Crippen LogP contribution in [0.25, 0.3) is 0 Å². The molecule has 0 radical (unpaired) electrons. The van der Waals surface area contributed by atoms with Crippen LogP contribution in [0.4, 0.5) is 11.4 Å². The summed E-state index contributed by atoms with van der Waals surface area (Å²) in [5.41, 5.74) is 4.68. The van der Waals surface area contributed by atoms with E-state index in [-0.39, 0.29) is 29.5 Å². The number of ether oxygens (including phenoxy) is 4. The minimum absolute atomic E-state index is 0.0142. The van der Waals surface area contributed by atoms with Gasteiger partial charge in [-0.1, -0.05) is 27.7 Å². The molecule has 0 fully saturated rings. The van der Waals surface area contributed by atoms with Crippen LogP contribution in [0.2, 0.25) is 0 Å². The molecule has 0 aromatic heterocycles. The number of hydrogen-bond acceptors (Lipinski definition) is 9. The fraction of sp³-hybridized carbons (Fsp3) is 0.562. The molecule has 0 unspecified atom stereocenters. The molecular weight excluding hydrogens is 540 g/mol. The summed E-state index contributed by atoms with van der Waals surface area (Å²) in [5.74, 6) is 0.799. The van der Waals surface area contributed by atoms with Gasteiger partial charge in [0.05, 0.1) is 31.0 Å². The van der Waals surface area contributed by atoms with Crippen molar-refractivity contribution >= 4 is 23.3 Å². The second kappa shape index (κ2) is 14.9. The van der Waals surface area contributed by atoms with Crippen molar-refractivity contribution in [3.8, 4) is 11.5 Å². The lowest BCUT2D eigenvalue weighted by Gasteiger charge is -2.26. The predicted octanol–water partition coefficient (Wildman–Crippen LogP) is 7.14. The zero-order valence-corrected chi connectivity index (χ0v) is 26.7. The first kappa shape index (κ1) is 36.2. The Morgan fingerprint density at radius 1 is 0.667 bits per heavy atom. The number of anilines is 1. The number of non-ortho nitro benzene ring substituents is 1. The van der Waals surface area contributed by atoms with Gasteiger partial charge in [-0.05, 0) is 77.9 Å². The van der Waals surface area contributed by atoms with Crippen molar-refractivity contribution in [3.05, 3.63) is 58.6 Å². The lowest BCUT2D eigenvalue weighted by molar-refractivity contribution is -0.384. The largest absolute Gasteiger partial charge is 0.493 e. The molecule has 0 heterocycles. The van der Waals surface area contributed by atoms with Gasteiger partial charge >= 0.3 is 11.9 Å². The van der Waals surface area contributed by atoms with Crippen LogP contribution >= 0.6 is 0 Å². The van der Waals surface area contributed by atoms with Crippen LogP contribution in [-0.2, 0) is 19.1 Å². The van der Waals surface area contributed by atoms with Crippen LogP contribution in [0, 0.1) is 20.9 Å². The maximum absolute atomic E-state index is 11.9. The molecule has 2 aromatic carbocycles. The average Bonchev–Trinajstić information content (AvgIpc) is 2.80. The zero-order chi connectivity index (χ0) is 32.4. The van der Waals surface area contributed by atoms with E-state index in [0.29, 0.717) is 31.1 Å². The number of rotatable bonds is 11. The average molecular weight is 589 g/mol. The number of nitro benzene ring substituents is 1. The third kappa shape index (κ3) is 16.4. The Morgan fingerprint density at radius 2 is 1.00 bits per heavy atom. The van der Waals surface area contributed by atoms with Gasteiger partial charge in [0.1, 0.15) is 22.7 Å². The topological polar surface area (TPSA) is 140 Å². The number of hydrogen-bond donors (Lipinski definition) is 1. The molecule has 2 N–H and O–H groups in total. The lowest BCUT2D eigenvalue weighted by Crippen LogP contribution is -2.30. The molecule has 0 spiro atoms. The summed E-state index contributed by atoms with van der Waals surface area (Å²) in [6, 6.07) is 13.1. The Bertz CT molecular complexity index is 1160. The van der Waals surface area contributed by atoms with E-state index in [0.717, 1.165) is 5.75 Å². The first-order chi connectivity index (χ1) is 19.1. The van der Waals surface area contributed by atoms with Crippen LogP contribution in [0.15, 0.2) is 48.5 Å². The Morgan fingerprint density at radius 3 is 1.31 bits per heavy atom. The van der Waals surface area contributed by atoms with Crippen LogP contribution in [0.5, 0.6) is 11.5 Å². The first-order valence-electron chi connectivity index (χ1n) is 13.9. The highest BCUT2D eigenvalue weighted by molar-refractivity contribution is 5.71. The number of carbonyl (C=O) groups excluding carboxylic acids is 2. The van der Waals surface area contributed by atoms with Crippen molar-refractivity contribution in [1.82, 2.24) is 0 Å². The van der Waals surface area contributed by atoms with Gasteiger partial charge in [0, 0.05) is 28.7 Å². The van der Waals surface area contributed by atoms with E-state index in [1.165, 1.54) is 12.1 Å². The van der Waals surface area contributed by atoms with Gasteiger partial charge in [-0.3, -0.25) is 19.7 Å². The Kier molecular flexibility index (Phi) is 12.8. The molecule has 2 aromatic rings. The number of nitrogens with two attached hydrogens (primary N) is 1. The maximum atomic E-state index is 11.9. The summed E-state index contributed by atoms with van der Waals surface area (Å²) in [5, 5.41) is 10.6. The normalized spacial score (nSPS) is 12.0. The van der Waals surface area contributed by atoms with Crippen molar-refractivity contribution in [2.24, 2.45) is 10.8 Å². The van der Waals surface area contributed by atoms with Crippen molar-refractivity contribution in [1.29, 1.82) is 0 Å². The van der Waals surface area contributed by atoms with Gasteiger partial charge in [0.2, 0.25) is 0 Å². The molecule has 0 aliphatic rings. The zero-order valence-electron chi connectivity index (χ0n) is 26.7. The van der Waals surface area contributed by atoms with Gasteiger partial charge in [-0.2, -0.15) is 0 Å². The van der Waals surface area contributed by atoms with Crippen LogP contribution in [-0.4, -0.2) is 41.3 Å². The molecule has 0 saturated heterocycles. The Balaban J connectivity index is 0.000000422. The summed E-state index contributed by atoms with van der Waals surface area (Å²) in [7, 11) is 0. The smallest absolute Gasteiger partial charge is 0.306 e. The molecule has 10 nitrogen and oxygen atoms in total. The lowest BCUT2D eigenvalue weighted by atomic mass is 9.90. The minimum Gasteiger partial charge on any atom is -0.493 e. The van der Waals surface area contributed by atoms with E-state index in [2.05, 4.69) is 0 Å². The molecule has 0 saturated carbocycles. The SMILES string of the molecule is CC(C)(COc1ccc(N)cc1)CC(=O)OC(C)(C)C.CC(C)(COc1ccc([N+](=O)[O-])cc1)CC(=O)OC(C)(C)C. The molecule has 0 aliphatic heterocycles. The Hall–Kier alpha value is -3.82. The first-order valence-corrected chi connectivity index (χ1v) is 13.9. The van der Waals surface area contributed by atoms with Crippen LogP contribution in [0.1, 0.15) is 82.1 Å². The van der Waals surface area contributed by atoms with E-state index < -0.39 is 21.5 Å². The number of nitrogens with zero attached hydrogens (tertiary/aromatic N) is 1. The molecule has 42 heavy (non-hydrogen) atoms. The fourth-order valence-corrected chi connectivity index (χ4v) is 3.42. The van der Waals surface area contributed by atoms with Gasteiger partial charge in [0.25, 0.3) is 5.69 Å². The van der Waals surface area contributed by atoms with Crippen LogP contribution in [0.3, 0.4) is 0 Å². The summed E-state index contributed by atoms with van der Waals surface area (Å²) < 4.78 is 21.9. The minimum atomic E-state index is -0.508. The highest BCUT2D eigenvalue weighted by atomic mass is 16.6. The maximum Gasteiger partial charge on any atom is 0.306 e. The van der Waals surface area contributed by atoms with E-state index in [1.807, 2.05) is 81.4 Å². The predicted molar refractivity (Wildman–Crippen MR) is 163 cm³/mol. The van der Waals surface area contributed by atoms with E-state index in [4.69, 9.17) is 24.7 Å². The number of carbonyl (C=O) groups is 2. The molecule has 0 atom stereocenters. The monoisotopic (exact) mass is 588 g/mol. The van der Waals surface area contributed by atoms with E-state index >= 15 is 0 Å². The molecular formula is C32H48N2O8. The third-order valence-electron chi connectivity index (χ3n) is 5.27. The molecule has 0 bridgehead atoms. The van der Waals surface area contributed by atoms with Crippen molar-refractivity contribution < 1.29 is 33.5 Å². The van der Waals surface area contributed by atoms with Gasteiger partial charge in [-0.25, -0.2) is 0 Å². The highest BCUT2D eigenvalue weighted by Gasteiger charge is 2.28.